The number of rotatable bonds is 6. The van der Waals surface area contributed by atoms with E-state index in [0.29, 0.717) is 6.54 Å². The summed E-state index contributed by atoms with van der Waals surface area (Å²) in [5.41, 5.74) is 2.98. The molecule has 124 valence electrons. The van der Waals surface area contributed by atoms with E-state index in [1.165, 1.54) is 0 Å². The number of hydrogen-bond acceptors (Lipinski definition) is 4. The van der Waals surface area contributed by atoms with E-state index in [9.17, 15) is 0 Å². The minimum atomic E-state index is -0.0541. The summed E-state index contributed by atoms with van der Waals surface area (Å²) in [6.07, 6.45) is 0. The molecule has 0 spiro atoms. The van der Waals surface area contributed by atoms with Gasteiger partial charge in [0.2, 0.25) is 0 Å². The van der Waals surface area contributed by atoms with Gasteiger partial charge in [0, 0.05) is 17.6 Å². The molecule has 0 bridgehead atoms. The molecule has 2 aromatic carbocycles. The number of ether oxygens (including phenoxy) is 1. The third kappa shape index (κ3) is 3.78. The molecular weight excluding hydrogens is 324 g/mol. The lowest BCUT2D eigenvalue weighted by Crippen LogP contribution is -2.22. The molecule has 1 aromatic heterocycles. The van der Waals surface area contributed by atoms with Gasteiger partial charge >= 0.3 is 0 Å². The van der Waals surface area contributed by atoms with Crippen LogP contribution in [0.4, 0.5) is 0 Å². The molecule has 1 N–H and O–H groups in total. The van der Waals surface area contributed by atoms with E-state index in [1.807, 2.05) is 61.5 Å². The van der Waals surface area contributed by atoms with Gasteiger partial charge in [-0.1, -0.05) is 47.1 Å². The average molecular weight is 343 g/mol. The molecule has 0 amide bonds. The molecular formula is C19H19ClN2O2. The first-order chi connectivity index (χ1) is 11.7. The van der Waals surface area contributed by atoms with Crippen molar-refractivity contribution in [2.24, 2.45) is 0 Å². The molecule has 0 fully saturated rings. The Morgan fingerprint density at radius 1 is 1.17 bits per heavy atom. The fourth-order valence-electron chi connectivity index (χ4n) is 2.62. The normalized spacial score (nSPS) is 12.1. The Hall–Kier alpha value is -2.30. The smallest absolute Gasteiger partial charge is 0.133 e. The molecule has 3 rings (SSSR count). The zero-order chi connectivity index (χ0) is 16.9. The van der Waals surface area contributed by atoms with Crippen LogP contribution < -0.4 is 10.1 Å². The highest BCUT2D eigenvalue weighted by Gasteiger charge is 2.17. The van der Waals surface area contributed by atoms with E-state index in [1.54, 1.807) is 7.11 Å². The first kappa shape index (κ1) is 16.6. The lowest BCUT2D eigenvalue weighted by atomic mass is 9.98. The van der Waals surface area contributed by atoms with Crippen LogP contribution in [0.25, 0.3) is 0 Å². The highest BCUT2D eigenvalue weighted by molar-refractivity contribution is 6.31. The molecule has 0 aliphatic carbocycles. The molecule has 4 nitrogen and oxygen atoms in total. The topological polar surface area (TPSA) is 47.3 Å². The predicted molar refractivity (Wildman–Crippen MR) is 94.4 cm³/mol. The van der Waals surface area contributed by atoms with Crippen LogP contribution in [0.15, 0.2) is 59.1 Å². The lowest BCUT2D eigenvalue weighted by molar-refractivity contribution is 0.387. The van der Waals surface area contributed by atoms with Crippen molar-refractivity contribution in [1.82, 2.24) is 10.5 Å². The summed E-state index contributed by atoms with van der Waals surface area (Å²) < 4.78 is 10.4. The van der Waals surface area contributed by atoms with Crippen LogP contribution in [0.2, 0.25) is 5.02 Å². The number of aromatic nitrogens is 1. The molecule has 1 atom stereocenters. The van der Waals surface area contributed by atoms with E-state index in [4.69, 9.17) is 20.9 Å². The third-order valence-electron chi connectivity index (χ3n) is 3.83. The number of hydrogen-bond donors (Lipinski definition) is 1. The van der Waals surface area contributed by atoms with Crippen LogP contribution in [0.1, 0.15) is 28.6 Å². The van der Waals surface area contributed by atoms with Crippen LogP contribution in [-0.2, 0) is 6.54 Å². The van der Waals surface area contributed by atoms with Gasteiger partial charge in [-0.05, 0) is 36.2 Å². The Balaban J connectivity index is 1.89. The van der Waals surface area contributed by atoms with Gasteiger partial charge in [-0.25, -0.2) is 0 Å². The van der Waals surface area contributed by atoms with Crippen molar-refractivity contribution in [3.8, 4) is 5.75 Å². The Morgan fingerprint density at radius 2 is 1.92 bits per heavy atom. The van der Waals surface area contributed by atoms with Gasteiger partial charge < -0.3 is 14.6 Å². The molecule has 0 radical (unpaired) electrons. The van der Waals surface area contributed by atoms with Crippen LogP contribution in [0, 0.1) is 6.92 Å². The number of methoxy groups -OCH3 is 1. The second-order valence-corrected chi connectivity index (χ2v) is 5.94. The van der Waals surface area contributed by atoms with Crippen molar-refractivity contribution in [3.05, 3.63) is 82.2 Å². The molecule has 0 unspecified atom stereocenters. The number of nitrogens with zero attached hydrogens (tertiary/aromatic N) is 1. The molecule has 0 saturated heterocycles. The summed E-state index contributed by atoms with van der Waals surface area (Å²) in [5.74, 6) is 1.62. The van der Waals surface area contributed by atoms with E-state index >= 15 is 0 Å². The fourth-order valence-corrected chi connectivity index (χ4v) is 2.87. The van der Waals surface area contributed by atoms with Gasteiger partial charge in [-0.2, -0.15) is 0 Å². The lowest BCUT2D eigenvalue weighted by Gasteiger charge is -2.20. The van der Waals surface area contributed by atoms with Crippen LogP contribution in [0.5, 0.6) is 5.75 Å². The van der Waals surface area contributed by atoms with Crippen LogP contribution in [0.3, 0.4) is 0 Å². The van der Waals surface area contributed by atoms with E-state index in [2.05, 4.69) is 10.5 Å². The van der Waals surface area contributed by atoms with E-state index < -0.39 is 0 Å². The van der Waals surface area contributed by atoms with Gasteiger partial charge in [0.1, 0.15) is 11.5 Å². The number of nitrogens with one attached hydrogen (secondary N) is 1. The minimum absolute atomic E-state index is 0.0541. The first-order valence-electron chi connectivity index (χ1n) is 7.71. The maximum atomic E-state index is 6.41. The zero-order valence-electron chi connectivity index (χ0n) is 13.6. The average Bonchev–Trinajstić information content (AvgIpc) is 3.02. The molecule has 5 heteroatoms. The van der Waals surface area contributed by atoms with Gasteiger partial charge in [0.15, 0.2) is 0 Å². The third-order valence-corrected chi connectivity index (χ3v) is 4.17. The van der Waals surface area contributed by atoms with Gasteiger partial charge in [0.25, 0.3) is 0 Å². The summed E-state index contributed by atoms with van der Waals surface area (Å²) >= 11 is 6.41. The molecule has 24 heavy (non-hydrogen) atoms. The summed E-state index contributed by atoms with van der Waals surface area (Å²) in [6, 6.07) is 17.7. The number of aryl methyl sites for hydroxylation is 1. The highest BCUT2D eigenvalue weighted by Crippen LogP contribution is 2.29. The van der Waals surface area contributed by atoms with Gasteiger partial charge in [0.05, 0.1) is 18.8 Å². The minimum Gasteiger partial charge on any atom is -0.497 e. The standard InChI is InChI=1S/C19H19ClN2O2/c1-13-11-15(22-24-13)12-21-19(17-5-3-4-6-18(17)20)14-7-9-16(23-2)10-8-14/h3-11,19,21H,12H2,1-2H3/t19-/m0/s1. The van der Waals surface area contributed by atoms with Gasteiger partial charge in [-0.3, -0.25) is 0 Å². The van der Waals surface area contributed by atoms with E-state index in [0.717, 1.165) is 33.4 Å². The Bertz CT molecular complexity index is 799. The monoisotopic (exact) mass is 342 g/mol. The summed E-state index contributed by atoms with van der Waals surface area (Å²) in [4.78, 5) is 0. The highest BCUT2D eigenvalue weighted by atomic mass is 35.5. The molecule has 0 aliphatic heterocycles. The number of halogens is 1. The fraction of sp³-hybridized carbons (Fsp3) is 0.211. The second-order valence-electron chi connectivity index (χ2n) is 5.54. The van der Waals surface area contributed by atoms with Crippen molar-refractivity contribution in [2.45, 2.75) is 19.5 Å². The molecule has 0 saturated carbocycles. The largest absolute Gasteiger partial charge is 0.497 e. The molecule has 3 aromatic rings. The van der Waals surface area contributed by atoms with Crippen molar-refractivity contribution in [3.63, 3.8) is 0 Å². The SMILES string of the molecule is COc1ccc([C@H](NCc2cc(C)on2)c2ccccc2Cl)cc1. The van der Waals surface area contributed by atoms with E-state index in [-0.39, 0.29) is 6.04 Å². The van der Waals surface area contributed by atoms with Crippen molar-refractivity contribution < 1.29 is 9.26 Å². The Morgan fingerprint density at radius 3 is 2.54 bits per heavy atom. The van der Waals surface area contributed by atoms with Crippen LogP contribution >= 0.6 is 11.6 Å². The Labute approximate surface area is 146 Å². The molecule has 0 aliphatic rings. The number of benzene rings is 2. The summed E-state index contributed by atoms with van der Waals surface area (Å²) in [7, 11) is 1.66. The van der Waals surface area contributed by atoms with Crippen molar-refractivity contribution in [1.29, 1.82) is 0 Å². The van der Waals surface area contributed by atoms with Crippen molar-refractivity contribution in [2.75, 3.05) is 7.11 Å². The maximum Gasteiger partial charge on any atom is 0.133 e. The van der Waals surface area contributed by atoms with Crippen LogP contribution in [-0.4, -0.2) is 12.3 Å². The quantitative estimate of drug-likeness (QED) is 0.715. The first-order valence-corrected chi connectivity index (χ1v) is 8.09. The van der Waals surface area contributed by atoms with Gasteiger partial charge in [-0.15, -0.1) is 0 Å². The predicted octanol–water partition coefficient (Wildman–Crippen LogP) is 4.52. The second kappa shape index (κ2) is 7.51. The Kier molecular flexibility index (Phi) is 5.18. The summed E-state index contributed by atoms with van der Waals surface area (Å²) in [6.45, 7) is 2.46. The van der Waals surface area contributed by atoms with Crippen molar-refractivity contribution >= 4 is 11.6 Å². The molecule has 1 heterocycles. The maximum absolute atomic E-state index is 6.41. The summed E-state index contributed by atoms with van der Waals surface area (Å²) in [5, 5.41) is 8.27. The zero-order valence-corrected chi connectivity index (χ0v) is 14.4.